The molecule has 0 aliphatic carbocycles. The first-order valence-electron chi connectivity index (χ1n) is 5.80. The number of hydrogen-bond acceptors (Lipinski definition) is 3. The second kappa shape index (κ2) is 6.11. The van der Waals surface area contributed by atoms with Crippen molar-refractivity contribution < 1.29 is 4.21 Å². The Labute approximate surface area is 99.1 Å². The third kappa shape index (κ3) is 3.68. The molecular formula is C12H18N2OS. The Kier molecular flexibility index (Phi) is 4.48. The standard InChI is InChI=1S/C12H18N2OS/c15-16(9-11-4-7-13-8-5-11)10-12-3-1-2-6-14-12/h1-3,6,11,13H,4-5,7-10H2/t16-/m1/s1. The summed E-state index contributed by atoms with van der Waals surface area (Å²) >= 11 is 0. The zero-order valence-corrected chi connectivity index (χ0v) is 10.2. The summed E-state index contributed by atoms with van der Waals surface area (Å²) in [5, 5.41) is 3.33. The molecule has 0 aromatic carbocycles. The summed E-state index contributed by atoms with van der Waals surface area (Å²) in [6, 6.07) is 5.78. The van der Waals surface area contributed by atoms with Crippen molar-refractivity contribution in [3.05, 3.63) is 30.1 Å². The first-order valence-corrected chi connectivity index (χ1v) is 7.29. The average molecular weight is 238 g/mol. The van der Waals surface area contributed by atoms with E-state index in [9.17, 15) is 4.21 Å². The Hall–Kier alpha value is -0.740. The lowest BCUT2D eigenvalue weighted by atomic mass is 10.0. The van der Waals surface area contributed by atoms with Gasteiger partial charge < -0.3 is 5.32 Å². The zero-order chi connectivity index (χ0) is 11.2. The van der Waals surface area contributed by atoms with Crippen molar-refractivity contribution in [1.82, 2.24) is 10.3 Å². The van der Waals surface area contributed by atoms with Crippen LogP contribution in [0.25, 0.3) is 0 Å². The fraction of sp³-hybridized carbons (Fsp3) is 0.583. The topological polar surface area (TPSA) is 42.0 Å². The normalized spacial score (nSPS) is 19.5. The van der Waals surface area contributed by atoms with Gasteiger partial charge in [-0.05, 0) is 44.0 Å². The molecule has 1 aromatic rings. The molecule has 1 atom stereocenters. The van der Waals surface area contributed by atoms with Crippen molar-refractivity contribution in [1.29, 1.82) is 0 Å². The lowest BCUT2D eigenvalue weighted by Crippen LogP contribution is -2.30. The van der Waals surface area contributed by atoms with Crippen LogP contribution in [-0.4, -0.2) is 28.0 Å². The summed E-state index contributed by atoms with van der Waals surface area (Å²) in [5.41, 5.74) is 0.940. The lowest BCUT2D eigenvalue weighted by Gasteiger charge is -2.21. The van der Waals surface area contributed by atoms with Gasteiger partial charge in [-0.3, -0.25) is 9.19 Å². The van der Waals surface area contributed by atoms with Gasteiger partial charge in [-0.25, -0.2) is 0 Å². The molecule has 1 aliphatic rings. The van der Waals surface area contributed by atoms with E-state index in [2.05, 4.69) is 10.3 Å². The molecule has 2 heterocycles. The Morgan fingerprint density at radius 1 is 1.38 bits per heavy atom. The van der Waals surface area contributed by atoms with Gasteiger partial charge >= 0.3 is 0 Å². The van der Waals surface area contributed by atoms with Crippen LogP contribution < -0.4 is 5.32 Å². The Bertz CT molecular complexity index is 336. The summed E-state index contributed by atoms with van der Waals surface area (Å²) in [4.78, 5) is 4.21. The lowest BCUT2D eigenvalue weighted by molar-refractivity contribution is 0.405. The first kappa shape index (κ1) is 11.7. The highest BCUT2D eigenvalue weighted by Gasteiger charge is 2.16. The number of aromatic nitrogens is 1. The summed E-state index contributed by atoms with van der Waals surface area (Å²) < 4.78 is 11.9. The van der Waals surface area contributed by atoms with Gasteiger partial charge in [0.15, 0.2) is 0 Å². The largest absolute Gasteiger partial charge is 0.317 e. The number of nitrogens with zero attached hydrogens (tertiary/aromatic N) is 1. The van der Waals surface area contributed by atoms with Crippen molar-refractivity contribution in [3.63, 3.8) is 0 Å². The van der Waals surface area contributed by atoms with Crippen LogP contribution in [0.5, 0.6) is 0 Å². The van der Waals surface area contributed by atoms with E-state index < -0.39 is 10.8 Å². The summed E-state index contributed by atoms with van der Waals surface area (Å²) in [6.07, 6.45) is 4.08. The van der Waals surface area contributed by atoms with Crippen LogP contribution >= 0.6 is 0 Å². The van der Waals surface area contributed by atoms with E-state index in [4.69, 9.17) is 0 Å². The van der Waals surface area contributed by atoms with Gasteiger partial charge in [0.25, 0.3) is 0 Å². The maximum atomic E-state index is 11.9. The summed E-state index contributed by atoms with van der Waals surface area (Å²) in [5.74, 6) is 2.06. The minimum atomic E-state index is -0.759. The second-order valence-electron chi connectivity index (χ2n) is 4.27. The minimum Gasteiger partial charge on any atom is -0.317 e. The molecule has 1 aliphatic heterocycles. The van der Waals surface area contributed by atoms with Crippen molar-refractivity contribution >= 4 is 10.8 Å². The Balaban J connectivity index is 1.80. The van der Waals surface area contributed by atoms with E-state index in [1.165, 1.54) is 0 Å². The maximum absolute atomic E-state index is 11.9. The van der Waals surface area contributed by atoms with Gasteiger partial charge in [-0.15, -0.1) is 0 Å². The number of pyridine rings is 1. The minimum absolute atomic E-state index is 0.602. The molecule has 0 unspecified atom stereocenters. The number of piperidine rings is 1. The van der Waals surface area contributed by atoms with E-state index in [1.54, 1.807) is 6.20 Å². The number of hydrogen-bond donors (Lipinski definition) is 1. The second-order valence-corrected chi connectivity index (χ2v) is 5.77. The molecule has 16 heavy (non-hydrogen) atoms. The highest BCUT2D eigenvalue weighted by molar-refractivity contribution is 7.84. The van der Waals surface area contributed by atoms with Crippen LogP contribution in [-0.2, 0) is 16.6 Å². The fourth-order valence-electron chi connectivity index (χ4n) is 2.02. The maximum Gasteiger partial charge on any atom is 0.0658 e. The van der Waals surface area contributed by atoms with E-state index in [1.807, 2.05) is 18.2 Å². The predicted octanol–water partition coefficient (Wildman–Crippen LogP) is 1.33. The van der Waals surface area contributed by atoms with Gasteiger partial charge in [-0.2, -0.15) is 0 Å². The molecule has 0 saturated carbocycles. The van der Waals surface area contributed by atoms with Crippen molar-refractivity contribution in [3.8, 4) is 0 Å². The van der Waals surface area contributed by atoms with Crippen LogP contribution in [0.3, 0.4) is 0 Å². The van der Waals surface area contributed by atoms with Crippen LogP contribution in [0.1, 0.15) is 18.5 Å². The molecule has 3 nitrogen and oxygen atoms in total. The third-order valence-electron chi connectivity index (χ3n) is 2.92. The quantitative estimate of drug-likeness (QED) is 0.860. The smallest absolute Gasteiger partial charge is 0.0658 e. The zero-order valence-electron chi connectivity index (χ0n) is 9.39. The molecule has 2 rings (SSSR count). The van der Waals surface area contributed by atoms with Gasteiger partial charge in [0.1, 0.15) is 0 Å². The fourth-order valence-corrected chi connectivity index (χ4v) is 3.50. The SMILES string of the molecule is O=[S@@](Cc1ccccn1)CC1CCNCC1. The molecule has 4 heteroatoms. The van der Waals surface area contributed by atoms with E-state index in [-0.39, 0.29) is 0 Å². The molecule has 1 N–H and O–H groups in total. The number of rotatable bonds is 4. The van der Waals surface area contributed by atoms with E-state index >= 15 is 0 Å². The van der Waals surface area contributed by atoms with Crippen LogP contribution in [0.2, 0.25) is 0 Å². The third-order valence-corrected chi connectivity index (χ3v) is 4.38. The predicted molar refractivity (Wildman–Crippen MR) is 66.5 cm³/mol. The molecular weight excluding hydrogens is 220 g/mol. The highest BCUT2D eigenvalue weighted by Crippen LogP contribution is 2.14. The van der Waals surface area contributed by atoms with E-state index in [0.29, 0.717) is 11.7 Å². The molecule has 88 valence electrons. The van der Waals surface area contributed by atoms with E-state index in [0.717, 1.165) is 37.4 Å². The molecule has 1 fully saturated rings. The van der Waals surface area contributed by atoms with Crippen LogP contribution in [0, 0.1) is 5.92 Å². The number of nitrogens with one attached hydrogen (secondary N) is 1. The molecule has 1 saturated heterocycles. The van der Waals surface area contributed by atoms with Crippen LogP contribution in [0.15, 0.2) is 24.4 Å². The molecule has 0 amide bonds. The molecule has 0 spiro atoms. The van der Waals surface area contributed by atoms with Gasteiger partial charge in [0, 0.05) is 22.7 Å². The average Bonchev–Trinajstić information content (AvgIpc) is 2.31. The molecule has 0 radical (unpaired) electrons. The van der Waals surface area contributed by atoms with Crippen molar-refractivity contribution in [2.75, 3.05) is 18.8 Å². The highest BCUT2D eigenvalue weighted by atomic mass is 32.2. The molecule has 0 bridgehead atoms. The van der Waals surface area contributed by atoms with Gasteiger partial charge in [0.2, 0.25) is 0 Å². The summed E-state index contributed by atoms with van der Waals surface area (Å²) in [7, 11) is -0.759. The van der Waals surface area contributed by atoms with Crippen molar-refractivity contribution in [2.24, 2.45) is 5.92 Å². The summed E-state index contributed by atoms with van der Waals surface area (Å²) in [6.45, 7) is 2.15. The Morgan fingerprint density at radius 2 is 2.19 bits per heavy atom. The molecule has 1 aromatic heterocycles. The van der Waals surface area contributed by atoms with Gasteiger partial charge in [-0.1, -0.05) is 6.07 Å². The monoisotopic (exact) mass is 238 g/mol. The Morgan fingerprint density at radius 3 is 2.88 bits per heavy atom. The first-order chi connectivity index (χ1) is 7.84. The van der Waals surface area contributed by atoms with Crippen LogP contribution in [0.4, 0.5) is 0 Å². The van der Waals surface area contributed by atoms with Gasteiger partial charge in [0.05, 0.1) is 11.4 Å². The van der Waals surface area contributed by atoms with Crippen molar-refractivity contribution in [2.45, 2.75) is 18.6 Å².